The number of hydrogen-bond acceptors (Lipinski definition) is 2. The zero-order chi connectivity index (χ0) is 11.3. The summed E-state index contributed by atoms with van der Waals surface area (Å²) in [5, 5.41) is 9.38. The summed E-state index contributed by atoms with van der Waals surface area (Å²) in [6.45, 7) is 6.69. The van der Waals surface area contributed by atoms with Gasteiger partial charge in [-0.3, -0.25) is 0 Å². The molecule has 0 spiro atoms. The molecule has 1 N–H and O–H groups in total. The number of hydrogen-bond donors (Lipinski definition) is 1. The van der Waals surface area contributed by atoms with E-state index < -0.39 is 0 Å². The van der Waals surface area contributed by atoms with E-state index in [0.717, 1.165) is 12.2 Å². The highest BCUT2D eigenvalue weighted by atomic mass is 16.5. The van der Waals surface area contributed by atoms with Crippen molar-refractivity contribution < 1.29 is 9.84 Å². The molecule has 0 fully saturated rings. The lowest BCUT2D eigenvalue weighted by atomic mass is 10.1. The van der Waals surface area contributed by atoms with Crippen molar-refractivity contribution in [2.75, 3.05) is 6.61 Å². The van der Waals surface area contributed by atoms with E-state index in [2.05, 4.69) is 19.9 Å². The molecule has 1 unspecified atom stereocenters. The highest BCUT2D eigenvalue weighted by Gasteiger charge is 2.03. The molecule has 0 amide bonds. The average molecular weight is 208 g/mol. The predicted molar refractivity (Wildman–Crippen MR) is 62.3 cm³/mol. The quantitative estimate of drug-likeness (QED) is 0.806. The molecule has 1 aromatic rings. The van der Waals surface area contributed by atoms with Crippen LogP contribution in [0.15, 0.2) is 18.2 Å². The molecule has 0 aromatic heterocycles. The van der Waals surface area contributed by atoms with Crippen LogP contribution in [-0.4, -0.2) is 17.8 Å². The first-order chi connectivity index (χ1) is 7.15. The summed E-state index contributed by atoms with van der Waals surface area (Å²) in [5.41, 5.74) is 2.42. The Kier molecular flexibility index (Phi) is 4.63. The van der Waals surface area contributed by atoms with Crippen LogP contribution in [0.3, 0.4) is 0 Å². The van der Waals surface area contributed by atoms with E-state index in [1.54, 1.807) is 0 Å². The van der Waals surface area contributed by atoms with Gasteiger partial charge in [-0.25, -0.2) is 0 Å². The maximum atomic E-state index is 9.38. The molecule has 2 nitrogen and oxygen atoms in total. The third-order valence-corrected chi connectivity index (χ3v) is 2.73. The molecule has 0 saturated heterocycles. The van der Waals surface area contributed by atoms with Crippen molar-refractivity contribution in [2.24, 2.45) is 0 Å². The molecule has 1 aromatic carbocycles. The van der Waals surface area contributed by atoms with E-state index in [-0.39, 0.29) is 6.10 Å². The lowest BCUT2D eigenvalue weighted by Crippen LogP contribution is -2.10. The van der Waals surface area contributed by atoms with Crippen molar-refractivity contribution in [2.45, 2.75) is 39.7 Å². The van der Waals surface area contributed by atoms with Crippen molar-refractivity contribution in [3.8, 4) is 5.75 Å². The van der Waals surface area contributed by atoms with Crippen LogP contribution in [0.2, 0.25) is 0 Å². The Balaban J connectivity index is 2.47. The van der Waals surface area contributed by atoms with Gasteiger partial charge >= 0.3 is 0 Å². The summed E-state index contributed by atoms with van der Waals surface area (Å²) in [6.07, 6.45) is 1.25. The van der Waals surface area contributed by atoms with E-state index in [1.807, 2.05) is 19.1 Å². The predicted octanol–water partition coefficient (Wildman–Crippen LogP) is 2.84. The fourth-order valence-corrected chi connectivity index (χ4v) is 1.39. The van der Waals surface area contributed by atoms with E-state index >= 15 is 0 Å². The summed E-state index contributed by atoms with van der Waals surface area (Å²) >= 11 is 0. The molecule has 0 saturated carbocycles. The molecule has 84 valence electrons. The van der Waals surface area contributed by atoms with E-state index in [4.69, 9.17) is 4.74 Å². The van der Waals surface area contributed by atoms with Crippen LogP contribution in [0, 0.1) is 13.8 Å². The molecular weight excluding hydrogens is 188 g/mol. The van der Waals surface area contributed by atoms with Crippen molar-refractivity contribution >= 4 is 0 Å². The van der Waals surface area contributed by atoms with Gasteiger partial charge in [-0.05, 0) is 37.5 Å². The molecule has 0 heterocycles. The van der Waals surface area contributed by atoms with E-state index in [9.17, 15) is 5.11 Å². The Morgan fingerprint density at radius 1 is 1.33 bits per heavy atom. The van der Waals surface area contributed by atoms with Gasteiger partial charge in [0.2, 0.25) is 0 Å². The second-order valence-corrected chi connectivity index (χ2v) is 3.90. The van der Waals surface area contributed by atoms with Gasteiger partial charge < -0.3 is 9.84 Å². The topological polar surface area (TPSA) is 29.5 Å². The number of aryl methyl sites for hydroxylation is 1. The Morgan fingerprint density at radius 3 is 2.73 bits per heavy atom. The van der Waals surface area contributed by atoms with Gasteiger partial charge in [-0.15, -0.1) is 0 Å². The Labute approximate surface area is 91.9 Å². The van der Waals surface area contributed by atoms with Crippen LogP contribution in [0.25, 0.3) is 0 Å². The van der Waals surface area contributed by atoms with Crippen LogP contribution in [-0.2, 0) is 0 Å². The third kappa shape index (κ3) is 3.56. The molecule has 0 aliphatic heterocycles. The standard InChI is InChI=1S/C13H20O2/c1-4-12(14)8-9-15-13-7-5-6-10(2)11(13)3/h5-7,12,14H,4,8-9H2,1-3H3. The van der Waals surface area contributed by atoms with Gasteiger partial charge in [0.1, 0.15) is 5.75 Å². The van der Waals surface area contributed by atoms with Crippen LogP contribution >= 0.6 is 0 Å². The minimum Gasteiger partial charge on any atom is -0.493 e. The van der Waals surface area contributed by atoms with Crippen LogP contribution in [0.5, 0.6) is 5.75 Å². The molecule has 1 rings (SSSR count). The first-order valence-electron chi connectivity index (χ1n) is 5.52. The summed E-state index contributed by atoms with van der Waals surface area (Å²) in [6, 6.07) is 6.04. The zero-order valence-corrected chi connectivity index (χ0v) is 9.79. The Bertz CT molecular complexity index is 307. The van der Waals surface area contributed by atoms with E-state index in [0.29, 0.717) is 13.0 Å². The fourth-order valence-electron chi connectivity index (χ4n) is 1.39. The summed E-state index contributed by atoms with van der Waals surface area (Å²) in [7, 11) is 0. The van der Waals surface area contributed by atoms with Crippen molar-refractivity contribution in [1.29, 1.82) is 0 Å². The van der Waals surface area contributed by atoms with Gasteiger partial charge in [0.25, 0.3) is 0 Å². The molecule has 2 heteroatoms. The molecule has 1 atom stereocenters. The lowest BCUT2D eigenvalue weighted by molar-refractivity contribution is 0.135. The summed E-state index contributed by atoms with van der Waals surface area (Å²) < 4.78 is 5.63. The first-order valence-corrected chi connectivity index (χ1v) is 5.52. The number of benzene rings is 1. The minimum atomic E-state index is -0.241. The van der Waals surface area contributed by atoms with Gasteiger partial charge in [0.15, 0.2) is 0 Å². The average Bonchev–Trinajstić information content (AvgIpc) is 2.24. The minimum absolute atomic E-state index is 0.241. The maximum absolute atomic E-state index is 9.38. The second kappa shape index (κ2) is 5.76. The SMILES string of the molecule is CCC(O)CCOc1cccc(C)c1C. The van der Waals surface area contributed by atoms with Gasteiger partial charge in [0, 0.05) is 6.42 Å². The van der Waals surface area contributed by atoms with Crippen molar-refractivity contribution in [3.63, 3.8) is 0 Å². The third-order valence-electron chi connectivity index (χ3n) is 2.73. The van der Waals surface area contributed by atoms with Crippen molar-refractivity contribution in [1.82, 2.24) is 0 Å². The number of aliphatic hydroxyl groups is 1. The Morgan fingerprint density at radius 2 is 2.07 bits per heavy atom. The molecule has 0 radical (unpaired) electrons. The normalized spacial score (nSPS) is 12.5. The smallest absolute Gasteiger partial charge is 0.122 e. The second-order valence-electron chi connectivity index (χ2n) is 3.90. The fraction of sp³-hybridized carbons (Fsp3) is 0.538. The highest BCUT2D eigenvalue weighted by Crippen LogP contribution is 2.20. The largest absolute Gasteiger partial charge is 0.493 e. The Hall–Kier alpha value is -1.02. The molecule has 0 aliphatic rings. The highest BCUT2D eigenvalue weighted by molar-refractivity contribution is 5.38. The molecule has 0 bridgehead atoms. The van der Waals surface area contributed by atoms with E-state index in [1.165, 1.54) is 11.1 Å². The zero-order valence-electron chi connectivity index (χ0n) is 9.79. The number of rotatable bonds is 5. The molecule has 15 heavy (non-hydrogen) atoms. The van der Waals surface area contributed by atoms with Crippen molar-refractivity contribution in [3.05, 3.63) is 29.3 Å². The van der Waals surface area contributed by atoms with Gasteiger partial charge in [0.05, 0.1) is 12.7 Å². The van der Waals surface area contributed by atoms with Crippen LogP contribution < -0.4 is 4.74 Å². The molecule has 0 aliphatic carbocycles. The van der Waals surface area contributed by atoms with Gasteiger partial charge in [-0.1, -0.05) is 19.1 Å². The summed E-state index contributed by atoms with van der Waals surface area (Å²) in [5.74, 6) is 0.929. The summed E-state index contributed by atoms with van der Waals surface area (Å²) in [4.78, 5) is 0. The maximum Gasteiger partial charge on any atom is 0.122 e. The van der Waals surface area contributed by atoms with Crippen LogP contribution in [0.4, 0.5) is 0 Å². The van der Waals surface area contributed by atoms with Crippen LogP contribution in [0.1, 0.15) is 30.9 Å². The molecular formula is C13H20O2. The first kappa shape index (κ1) is 12.1. The number of ether oxygens (including phenoxy) is 1. The van der Waals surface area contributed by atoms with Gasteiger partial charge in [-0.2, -0.15) is 0 Å². The monoisotopic (exact) mass is 208 g/mol. The lowest BCUT2D eigenvalue weighted by Gasteiger charge is -2.12. The number of aliphatic hydroxyl groups excluding tert-OH is 1.